The van der Waals surface area contributed by atoms with E-state index in [4.69, 9.17) is 5.73 Å². The number of nitrogens with two attached hydrogens (primary N) is 1. The van der Waals surface area contributed by atoms with Crippen molar-refractivity contribution >= 4 is 33.4 Å². The summed E-state index contributed by atoms with van der Waals surface area (Å²) in [6, 6.07) is 9.50. The van der Waals surface area contributed by atoms with Gasteiger partial charge in [-0.25, -0.2) is 13.8 Å². The van der Waals surface area contributed by atoms with Gasteiger partial charge in [0, 0.05) is 34.3 Å². The molecular formula is C21H13F2N5O. The van der Waals surface area contributed by atoms with Crippen LogP contribution in [0.15, 0.2) is 55.0 Å². The lowest BCUT2D eigenvalue weighted by atomic mass is 9.99. The van der Waals surface area contributed by atoms with Crippen molar-refractivity contribution in [3.8, 4) is 11.1 Å². The number of aromatic amines is 2. The Balaban J connectivity index is 1.69. The third-order valence-corrected chi connectivity index (χ3v) is 4.92. The molecule has 2 aromatic carbocycles. The zero-order chi connectivity index (χ0) is 20.1. The SMILES string of the molecule is Nc1ccc(F)c(C(=O)c2c[nH]c3ncc(-c4cccc5[nH]ncc45)cc23)c1F. The number of carbonyl (C=O) groups excluding carboxylic acids is 1. The zero-order valence-corrected chi connectivity index (χ0v) is 14.8. The van der Waals surface area contributed by atoms with Crippen LogP contribution in [0.3, 0.4) is 0 Å². The number of hydrogen-bond acceptors (Lipinski definition) is 4. The second kappa shape index (κ2) is 6.23. The summed E-state index contributed by atoms with van der Waals surface area (Å²) in [6.45, 7) is 0. The van der Waals surface area contributed by atoms with Crippen molar-refractivity contribution in [2.75, 3.05) is 5.73 Å². The Labute approximate surface area is 162 Å². The lowest BCUT2D eigenvalue weighted by molar-refractivity contribution is 0.103. The maximum absolute atomic E-state index is 14.4. The quantitative estimate of drug-likeness (QED) is 0.318. The molecule has 4 N–H and O–H groups in total. The Morgan fingerprint density at radius 3 is 2.79 bits per heavy atom. The topological polar surface area (TPSA) is 100 Å². The first-order valence-electron chi connectivity index (χ1n) is 8.72. The van der Waals surface area contributed by atoms with Crippen molar-refractivity contribution in [2.45, 2.75) is 0 Å². The molecule has 0 radical (unpaired) electrons. The predicted molar refractivity (Wildman–Crippen MR) is 105 cm³/mol. The molecule has 0 aliphatic carbocycles. The van der Waals surface area contributed by atoms with E-state index in [0.29, 0.717) is 11.0 Å². The Morgan fingerprint density at radius 2 is 1.93 bits per heavy atom. The van der Waals surface area contributed by atoms with E-state index in [1.54, 1.807) is 18.5 Å². The minimum absolute atomic E-state index is 0.108. The van der Waals surface area contributed by atoms with E-state index in [1.165, 1.54) is 6.20 Å². The monoisotopic (exact) mass is 389 g/mol. The van der Waals surface area contributed by atoms with Crippen LogP contribution >= 0.6 is 0 Å². The van der Waals surface area contributed by atoms with E-state index in [2.05, 4.69) is 20.2 Å². The molecule has 0 saturated carbocycles. The molecule has 142 valence electrons. The standard InChI is InChI=1S/C21H13F2N5O/c22-15-4-5-16(24)19(23)18(15)20(29)14-8-26-21-12(14)6-10(7-25-21)11-2-1-3-17-13(11)9-27-28-17/h1-9H,24H2,(H,25,26)(H,27,28). The number of carbonyl (C=O) groups is 1. The maximum atomic E-state index is 14.4. The van der Waals surface area contributed by atoms with Crippen LogP contribution in [0.25, 0.3) is 33.1 Å². The van der Waals surface area contributed by atoms with E-state index in [9.17, 15) is 13.6 Å². The molecule has 0 aliphatic heterocycles. The van der Waals surface area contributed by atoms with Crippen LogP contribution in [-0.4, -0.2) is 25.9 Å². The summed E-state index contributed by atoms with van der Waals surface area (Å²) in [7, 11) is 0. The first-order chi connectivity index (χ1) is 14.0. The molecule has 0 amide bonds. The Morgan fingerprint density at radius 1 is 1.07 bits per heavy atom. The van der Waals surface area contributed by atoms with Gasteiger partial charge in [0.2, 0.25) is 5.78 Å². The fraction of sp³-hybridized carbons (Fsp3) is 0. The Hall–Kier alpha value is -4.07. The normalized spacial score (nSPS) is 11.4. The van der Waals surface area contributed by atoms with E-state index < -0.39 is 23.0 Å². The molecule has 0 bridgehead atoms. The number of H-pyrrole nitrogens is 2. The number of benzene rings is 2. The molecule has 5 rings (SSSR count). The Kier molecular flexibility index (Phi) is 3.67. The minimum atomic E-state index is -1.07. The highest BCUT2D eigenvalue weighted by atomic mass is 19.1. The van der Waals surface area contributed by atoms with Crippen molar-refractivity contribution < 1.29 is 13.6 Å². The van der Waals surface area contributed by atoms with Gasteiger partial charge in [-0.05, 0) is 29.8 Å². The van der Waals surface area contributed by atoms with Crippen LogP contribution in [0, 0.1) is 11.6 Å². The highest BCUT2D eigenvalue weighted by Crippen LogP contribution is 2.31. The highest BCUT2D eigenvalue weighted by molar-refractivity contribution is 6.17. The van der Waals surface area contributed by atoms with Crippen LogP contribution in [0.1, 0.15) is 15.9 Å². The zero-order valence-electron chi connectivity index (χ0n) is 14.8. The predicted octanol–water partition coefficient (Wildman–Crippen LogP) is 4.20. The number of halogens is 2. The van der Waals surface area contributed by atoms with Gasteiger partial charge in [0.05, 0.1) is 23.0 Å². The molecule has 0 aliphatic rings. The second-order valence-corrected chi connectivity index (χ2v) is 6.61. The number of fused-ring (bicyclic) bond motifs is 2. The van der Waals surface area contributed by atoms with Gasteiger partial charge >= 0.3 is 0 Å². The second-order valence-electron chi connectivity index (χ2n) is 6.61. The van der Waals surface area contributed by atoms with Gasteiger partial charge in [-0.2, -0.15) is 5.10 Å². The van der Waals surface area contributed by atoms with E-state index >= 15 is 0 Å². The Bertz CT molecular complexity index is 1420. The molecule has 6 nitrogen and oxygen atoms in total. The molecule has 3 heterocycles. The molecular weight excluding hydrogens is 376 g/mol. The number of nitrogen functional groups attached to an aromatic ring is 1. The van der Waals surface area contributed by atoms with Crippen LogP contribution in [0.4, 0.5) is 14.5 Å². The van der Waals surface area contributed by atoms with Crippen LogP contribution in [0.5, 0.6) is 0 Å². The van der Waals surface area contributed by atoms with Crippen LogP contribution < -0.4 is 5.73 Å². The summed E-state index contributed by atoms with van der Waals surface area (Å²) in [5.41, 5.74) is 7.54. The first-order valence-corrected chi connectivity index (χ1v) is 8.72. The summed E-state index contributed by atoms with van der Waals surface area (Å²) < 4.78 is 28.6. The highest BCUT2D eigenvalue weighted by Gasteiger charge is 2.24. The summed E-state index contributed by atoms with van der Waals surface area (Å²) in [5.74, 6) is -2.85. The third-order valence-electron chi connectivity index (χ3n) is 4.92. The number of anilines is 1. The smallest absolute Gasteiger partial charge is 0.201 e. The third kappa shape index (κ3) is 2.57. The number of nitrogens with one attached hydrogen (secondary N) is 2. The average Bonchev–Trinajstić information content (AvgIpc) is 3.37. The maximum Gasteiger partial charge on any atom is 0.201 e. The van der Waals surface area contributed by atoms with Gasteiger partial charge in [-0.15, -0.1) is 0 Å². The fourth-order valence-electron chi connectivity index (χ4n) is 3.47. The van der Waals surface area contributed by atoms with E-state index in [1.807, 2.05) is 18.2 Å². The molecule has 3 aromatic heterocycles. The van der Waals surface area contributed by atoms with Crippen molar-refractivity contribution in [2.24, 2.45) is 0 Å². The lowest BCUT2D eigenvalue weighted by Gasteiger charge is -2.07. The molecule has 0 saturated heterocycles. The number of ketones is 1. The molecule has 0 fully saturated rings. The molecule has 0 atom stereocenters. The number of hydrogen-bond donors (Lipinski definition) is 3. The number of nitrogens with zero attached hydrogens (tertiary/aromatic N) is 2. The van der Waals surface area contributed by atoms with E-state index in [-0.39, 0.29) is 11.3 Å². The largest absolute Gasteiger partial charge is 0.396 e. The van der Waals surface area contributed by atoms with Gasteiger partial charge in [-0.1, -0.05) is 12.1 Å². The average molecular weight is 389 g/mol. The number of rotatable bonds is 3. The van der Waals surface area contributed by atoms with Crippen LogP contribution in [-0.2, 0) is 0 Å². The number of aromatic nitrogens is 4. The van der Waals surface area contributed by atoms with Gasteiger partial charge < -0.3 is 10.7 Å². The molecule has 29 heavy (non-hydrogen) atoms. The summed E-state index contributed by atoms with van der Waals surface area (Å²) in [5, 5.41) is 8.30. The summed E-state index contributed by atoms with van der Waals surface area (Å²) in [4.78, 5) is 20.2. The van der Waals surface area contributed by atoms with Gasteiger partial charge in [0.25, 0.3) is 0 Å². The summed E-state index contributed by atoms with van der Waals surface area (Å²) >= 11 is 0. The lowest BCUT2D eigenvalue weighted by Crippen LogP contribution is -2.09. The van der Waals surface area contributed by atoms with Crippen LogP contribution in [0.2, 0.25) is 0 Å². The van der Waals surface area contributed by atoms with Crippen molar-refractivity contribution in [3.05, 3.63) is 77.8 Å². The number of pyridine rings is 1. The molecule has 5 aromatic rings. The first kappa shape index (κ1) is 17.1. The minimum Gasteiger partial charge on any atom is -0.396 e. The van der Waals surface area contributed by atoms with E-state index in [0.717, 1.165) is 34.2 Å². The van der Waals surface area contributed by atoms with Gasteiger partial charge in [-0.3, -0.25) is 9.89 Å². The van der Waals surface area contributed by atoms with Crippen molar-refractivity contribution in [1.29, 1.82) is 0 Å². The van der Waals surface area contributed by atoms with Gasteiger partial charge in [0.1, 0.15) is 11.5 Å². The van der Waals surface area contributed by atoms with Gasteiger partial charge in [0.15, 0.2) is 5.82 Å². The molecule has 0 unspecified atom stereocenters. The van der Waals surface area contributed by atoms with Crippen molar-refractivity contribution in [3.63, 3.8) is 0 Å². The van der Waals surface area contributed by atoms with Crippen molar-refractivity contribution in [1.82, 2.24) is 20.2 Å². The fourth-order valence-corrected chi connectivity index (χ4v) is 3.47. The molecule has 8 heteroatoms. The summed E-state index contributed by atoms with van der Waals surface area (Å²) in [6.07, 6.45) is 4.76. The molecule has 0 spiro atoms.